The quantitative estimate of drug-likeness (QED) is 0.706. The van der Waals surface area contributed by atoms with Crippen molar-refractivity contribution in [1.29, 1.82) is 0 Å². The second-order valence-electron chi connectivity index (χ2n) is 4.10. The maximum atomic E-state index is 11.9. The molecule has 2 amide bonds. The molecule has 1 fully saturated rings. The number of morpholine rings is 1. The second-order valence-corrected chi connectivity index (χ2v) is 4.10. The molecule has 2 unspecified atom stereocenters. The Morgan fingerprint density at radius 2 is 2.39 bits per heavy atom. The number of amides is 2. The highest BCUT2D eigenvalue weighted by Crippen LogP contribution is 2.08. The van der Waals surface area contributed by atoms with Gasteiger partial charge in [0.1, 0.15) is 6.04 Å². The van der Waals surface area contributed by atoms with Crippen LogP contribution in [0.2, 0.25) is 0 Å². The third-order valence-electron chi connectivity index (χ3n) is 2.80. The normalized spacial score (nSPS) is 20.9. The molecule has 6 nitrogen and oxygen atoms in total. The predicted molar refractivity (Wildman–Crippen MR) is 65.0 cm³/mol. The van der Waals surface area contributed by atoms with E-state index in [9.17, 15) is 9.59 Å². The van der Waals surface area contributed by atoms with Crippen molar-refractivity contribution in [3.63, 3.8) is 0 Å². The van der Waals surface area contributed by atoms with Crippen LogP contribution in [0.1, 0.15) is 19.8 Å². The van der Waals surface area contributed by atoms with Crippen molar-refractivity contribution >= 4 is 12.0 Å². The number of aliphatic carboxylic acids is 1. The van der Waals surface area contributed by atoms with E-state index in [1.54, 1.807) is 4.90 Å². The van der Waals surface area contributed by atoms with Crippen molar-refractivity contribution in [2.75, 3.05) is 19.7 Å². The summed E-state index contributed by atoms with van der Waals surface area (Å²) in [7, 11) is 0. The van der Waals surface area contributed by atoms with Crippen molar-refractivity contribution in [2.24, 2.45) is 0 Å². The van der Waals surface area contributed by atoms with Gasteiger partial charge in [-0.3, -0.25) is 0 Å². The number of carbonyl (C=O) groups is 2. The zero-order chi connectivity index (χ0) is 13.5. The second kappa shape index (κ2) is 6.87. The minimum absolute atomic E-state index is 0.0143. The first-order valence-corrected chi connectivity index (χ1v) is 5.91. The first-order chi connectivity index (χ1) is 8.58. The highest BCUT2D eigenvalue weighted by Gasteiger charge is 2.26. The van der Waals surface area contributed by atoms with Crippen molar-refractivity contribution in [2.45, 2.75) is 31.9 Å². The zero-order valence-corrected chi connectivity index (χ0v) is 10.4. The molecule has 1 rings (SSSR count). The van der Waals surface area contributed by atoms with Crippen LogP contribution < -0.4 is 5.32 Å². The number of hydrogen-bond donors (Lipinski definition) is 2. The minimum Gasteiger partial charge on any atom is -0.480 e. The molecule has 0 aromatic heterocycles. The lowest BCUT2D eigenvalue weighted by Gasteiger charge is -2.33. The first kappa shape index (κ1) is 14.3. The molecule has 0 aliphatic carbocycles. The summed E-state index contributed by atoms with van der Waals surface area (Å²) in [5.74, 6) is 1.12. The van der Waals surface area contributed by atoms with Gasteiger partial charge in [-0.1, -0.05) is 6.92 Å². The van der Waals surface area contributed by atoms with E-state index in [1.165, 1.54) is 0 Å². The number of nitrogens with zero attached hydrogens (tertiary/aromatic N) is 1. The topological polar surface area (TPSA) is 78.9 Å². The lowest BCUT2D eigenvalue weighted by molar-refractivity contribution is -0.139. The maximum Gasteiger partial charge on any atom is 0.327 e. The summed E-state index contributed by atoms with van der Waals surface area (Å²) < 4.78 is 5.44. The van der Waals surface area contributed by atoms with Crippen LogP contribution in [-0.4, -0.2) is 53.8 Å². The third kappa shape index (κ3) is 3.93. The van der Waals surface area contributed by atoms with Gasteiger partial charge in [-0.25, -0.2) is 9.59 Å². The van der Waals surface area contributed by atoms with Crippen molar-refractivity contribution in [3.8, 4) is 12.3 Å². The fourth-order valence-electron chi connectivity index (χ4n) is 1.71. The molecular formula is C12H18N2O4. The van der Waals surface area contributed by atoms with E-state index < -0.39 is 18.0 Å². The van der Waals surface area contributed by atoms with E-state index in [0.29, 0.717) is 19.7 Å². The summed E-state index contributed by atoms with van der Waals surface area (Å²) in [6.45, 7) is 3.39. The Labute approximate surface area is 106 Å². The predicted octanol–water partition coefficient (Wildman–Crippen LogP) is 0.283. The van der Waals surface area contributed by atoms with Crippen molar-refractivity contribution in [1.82, 2.24) is 10.2 Å². The van der Waals surface area contributed by atoms with E-state index in [2.05, 4.69) is 11.2 Å². The molecule has 0 spiro atoms. The van der Waals surface area contributed by atoms with Gasteiger partial charge in [-0.15, -0.1) is 12.3 Å². The van der Waals surface area contributed by atoms with Gasteiger partial charge in [-0.2, -0.15) is 0 Å². The fraction of sp³-hybridized carbons (Fsp3) is 0.667. The van der Waals surface area contributed by atoms with Gasteiger partial charge < -0.3 is 20.1 Å². The van der Waals surface area contributed by atoms with Crippen LogP contribution in [0.4, 0.5) is 4.79 Å². The molecule has 2 atom stereocenters. The molecule has 2 N–H and O–H groups in total. The number of carbonyl (C=O) groups excluding carboxylic acids is 1. The van der Waals surface area contributed by atoms with Crippen molar-refractivity contribution in [3.05, 3.63) is 0 Å². The first-order valence-electron chi connectivity index (χ1n) is 5.91. The smallest absolute Gasteiger partial charge is 0.327 e. The SMILES string of the molecule is C#CCC(NC(=O)N1CCOC(CC)C1)C(=O)O. The molecule has 0 aromatic rings. The van der Waals surface area contributed by atoms with Crippen LogP contribution in [0.5, 0.6) is 0 Å². The van der Waals surface area contributed by atoms with Gasteiger partial charge in [0.25, 0.3) is 0 Å². The van der Waals surface area contributed by atoms with Crippen LogP contribution in [-0.2, 0) is 9.53 Å². The third-order valence-corrected chi connectivity index (χ3v) is 2.80. The van der Waals surface area contributed by atoms with E-state index in [0.717, 1.165) is 6.42 Å². The standard InChI is InChI=1S/C12H18N2O4/c1-3-5-10(11(15)16)13-12(17)14-6-7-18-9(4-2)8-14/h1,9-10H,4-8H2,2H3,(H,13,17)(H,15,16). The summed E-state index contributed by atoms with van der Waals surface area (Å²) in [6.07, 6.45) is 5.87. The van der Waals surface area contributed by atoms with E-state index >= 15 is 0 Å². The van der Waals surface area contributed by atoms with Crippen LogP contribution in [0.15, 0.2) is 0 Å². The van der Waals surface area contributed by atoms with Gasteiger partial charge in [0, 0.05) is 19.5 Å². The summed E-state index contributed by atoms with van der Waals surface area (Å²) in [5, 5.41) is 11.3. The lowest BCUT2D eigenvalue weighted by Crippen LogP contribution is -2.53. The molecule has 0 aromatic carbocycles. The van der Waals surface area contributed by atoms with Crippen LogP contribution >= 0.6 is 0 Å². The molecule has 6 heteroatoms. The summed E-state index contributed by atoms with van der Waals surface area (Å²) in [6, 6.07) is -1.44. The van der Waals surface area contributed by atoms with E-state index in [-0.39, 0.29) is 12.5 Å². The molecule has 18 heavy (non-hydrogen) atoms. The Kier molecular flexibility index (Phi) is 5.46. The Bertz CT molecular complexity index is 350. The number of urea groups is 1. The average molecular weight is 254 g/mol. The number of rotatable bonds is 4. The Morgan fingerprint density at radius 1 is 1.67 bits per heavy atom. The zero-order valence-electron chi connectivity index (χ0n) is 10.4. The largest absolute Gasteiger partial charge is 0.480 e. The van der Waals surface area contributed by atoms with E-state index in [1.807, 2.05) is 6.92 Å². The summed E-state index contributed by atoms with van der Waals surface area (Å²) >= 11 is 0. The average Bonchev–Trinajstić information content (AvgIpc) is 2.38. The fourth-order valence-corrected chi connectivity index (χ4v) is 1.71. The van der Waals surface area contributed by atoms with Crippen molar-refractivity contribution < 1.29 is 19.4 Å². The molecule has 1 saturated heterocycles. The van der Waals surface area contributed by atoms with Gasteiger partial charge in [0.15, 0.2) is 0 Å². The van der Waals surface area contributed by atoms with Gasteiger partial charge in [-0.05, 0) is 6.42 Å². The summed E-state index contributed by atoms with van der Waals surface area (Å²) in [4.78, 5) is 24.3. The monoisotopic (exact) mass is 254 g/mol. The van der Waals surface area contributed by atoms with Crippen LogP contribution in [0.3, 0.4) is 0 Å². The summed E-state index contributed by atoms with van der Waals surface area (Å²) in [5.41, 5.74) is 0. The maximum absolute atomic E-state index is 11.9. The Hall–Kier alpha value is -1.74. The molecule has 1 heterocycles. The van der Waals surface area contributed by atoms with Crippen LogP contribution in [0, 0.1) is 12.3 Å². The molecule has 0 saturated carbocycles. The molecule has 0 radical (unpaired) electrons. The molecule has 1 aliphatic heterocycles. The molecule has 100 valence electrons. The number of hydrogen-bond acceptors (Lipinski definition) is 3. The lowest BCUT2D eigenvalue weighted by atomic mass is 10.2. The van der Waals surface area contributed by atoms with Crippen LogP contribution in [0.25, 0.3) is 0 Å². The highest BCUT2D eigenvalue weighted by molar-refractivity contribution is 5.82. The minimum atomic E-state index is -1.12. The van der Waals surface area contributed by atoms with Gasteiger partial charge in [0.05, 0.1) is 12.7 Å². The number of carboxylic acids is 1. The number of terminal acetylenes is 1. The molecule has 1 aliphatic rings. The number of nitrogens with one attached hydrogen (secondary N) is 1. The van der Waals surface area contributed by atoms with E-state index in [4.69, 9.17) is 16.3 Å². The Morgan fingerprint density at radius 3 is 2.94 bits per heavy atom. The molecular weight excluding hydrogens is 236 g/mol. The highest BCUT2D eigenvalue weighted by atomic mass is 16.5. The number of ether oxygens (including phenoxy) is 1. The van der Waals surface area contributed by atoms with Gasteiger partial charge >= 0.3 is 12.0 Å². The Balaban J connectivity index is 2.53. The number of carboxylic acid groups (broad SMARTS) is 1. The van der Waals surface area contributed by atoms with Gasteiger partial charge in [0.2, 0.25) is 0 Å². The molecule has 0 bridgehead atoms.